The largest absolute Gasteiger partial charge is 0.472 e. The van der Waals surface area contributed by atoms with Crippen LogP contribution in [0.3, 0.4) is 0 Å². The molecule has 1 N–H and O–H groups in total. The Bertz CT molecular complexity index is 978. The Balaban J connectivity index is 1.33. The van der Waals surface area contributed by atoms with Gasteiger partial charge in [-0.05, 0) is 25.1 Å². The van der Waals surface area contributed by atoms with Crippen LogP contribution in [0.25, 0.3) is 11.1 Å². The van der Waals surface area contributed by atoms with Gasteiger partial charge in [-0.1, -0.05) is 0 Å². The van der Waals surface area contributed by atoms with Crippen molar-refractivity contribution in [2.24, 2.45) is 0 Å². The van der Waals surface area contributed by atoms with Gasteiger partial charge in [0.1, 0.15) is 11.8 Å². The lowest BCUT2D eigenvalue weighted by Gasteiger charge is -2.35. The van der Waals surface area contributed by atoms with E-state index in [2.05, 4.69) is 16.5 Å². The number of hydrogen-bond acceptors (Lipinski definition) is 4. The Labute approximate surface area is 156 Å². The first kappa shape index (κ1) is 17.0. The molecule has 4 heterocycles. The summed E-state index contributed by atoms with van der Waals surface area (Å²) in [5.41, 5.74) is 3.59. The molecule has 0 radical (unpaired) electrons. The summed E-state index contributed by atoms with van der Waals surface area (Å²) in [6.07, 6.45) is 7.01. The molecule has 0 fully saturated rings. The summed E-state index contributed by atoms with van der Waals surface area (Å²) >= 11 is 0. The molecule has 1 aliphatic rings. The zero-order valence-electron chi connectivity index (χ0n) is 15.0. The van der Waals surface area contributed by atoms with Crippen LogP contribution in [0.15, 0.2) is 47.5 Å². The van der Waals surface area contributed by atoms with Crippen LogP contribution in [-0.4, -0.2) is 38.4 Å². The maximum atomic E-state index is 12.6. The Morgan fingerprint density at radius 1 is 1.37 bits per heavy atom. The number of rotatable bonds is 4. The van der Waals surface area contributed by atoms with Crippen molar-refractivity contribution in [1.29, 1.82) is 5.26 Å². The molecule has 4 rings (SSSR count). The molecule has 0 saturated heterocycles. The zero-order valence-corrected chi connectivity index (χ0v) is 15.0. The van der Waals surface area contributed by atoms with Crippen LogP contribution in [0.5, 0.6) is 0 Å². The minimum absolute atomic E-state index is 0.0711. The van der Waals surface area contributed by atoms with Crippen molar-refractivity contribution in [2.75, 3.05) is 13.1 Å². The lowest BCUT2D eigenvalue weighted by Crippen LogP contribution is -2.46. The third kappa shape index (κ3) is 3.19. The zero-order chi connectivity index (χ0) is 18.8. The second-order valence-corrected chi connectivity index (χ2v) is 6.51. The van der Waals surface area contributed by atoms with Crippen LogP contribution in [0.1, 0.15) is 24.4 Å². The average Bonchev–Trinajstić information content (AvgIpc) is 3.41. The molecular formula is C19H20N6O2. The van der Waals surface area contributed by atoms with Crippen LogP contribution >= 0.6 is 0 Å². The van der Waals surface area contributed by atoms with E-state index in [1.165, 1.54) is 0 Å². The number of carbonyl (C=O) groups is 1. The topological polar surface area (TPSA) is 92.0 Å². The van der Waals surface area contributed by atoms with Crippen molar-refractivity contribution >= 4 is 6.03 Å². The molecule has 1 unspecified atom stereocenters. The highest BCUT2D eigenvalue weighted by molar-refractivity contribution is 5.74. The molecule has 0 aliphatic carbocycles. The van der Waals surface area contributed by atoms with Crippen molar-refractivity contribution in [1.82, 2.24) is 24.6 Å². The van der Waals surface area contributed by atoms with E-state index in [1.54, 1.807) is 28.3 Å². The first-order chi connectivity index (χ1) is 13.2. The van der Waals surface area contributed by atoms with E-state index in [0.29, 0.717) is 31.9 Å². The molecule has 1 aliphatic heterocycles. The van der Waals surface area contributed by atoms with E-state index in [0.717, 1.165) is 16.8 Å². The summed E-state index contributed by atoms with van der Waals surface area (Å²) in [5.74, 6) is 0. The van der Waals surface area contributed by atoms with Crippen molar-refractivity contribution in [2.45, 2.75) is 26.1 Å². The van der Waals surface area contributed by atoms with E-state index in [9.17, 15) is 4.79 Å². The minimum atomic E-state index is -0.101. The quantitative estimate of drug-likeness (QED) is 0.770. The average molecular weight is 364 g/mol. The van der Waals surface area contributed by atoms with Gasteiger partial charge in [-0.3, -0.25) is 4.68 Å². The van der Waals surface area contributed by atoms with E-state index < -0.39 is 0 Å². The Kier molecular flexibility index (Phi) is 4.42. The predicted molar refractivity (Wildman–Crippen MR) is 97.6 cm³/mol. The van der Waals surface area contributed by atoms with Gasteiger partial charge in [-0.2, -0.15) is 10.4 Å². The van der Waals surface area contributed by atoms with Crippen LogP contribution in [0.4, 0.5) is 4.79 Å². The molecule has 0 aromatic carbocycles. The molecule has 3 aromatic rings. The standard InChI is InChI=1S/C19H20N6O2/c1-14-18-3-2-17(10-20)25(18)8-7-24(14)19(26)21-5-6-23-12-16(11-22-23)15-4-9-27-13-15/h2-4,9,11-14H,5-8H2,1H3,(H,21,26). The highest BCUT2D eigenvalue weighted by atomic mass is 16.3. The normalized spacial score (nSPS) is 16.0. The molecule has 0 bridgehead atoms. The molecule has 1 atom stereocenters. The van der Waals surface area contributed by atoms with Gasteiger partial charge in [0.2, 0.25) is 0 Å². The number of carbonyl (C=O) groups excluding carboxylic acids is 1. The first-order valence-electron chi connectivity index (χ1n) is 8.86. The summed E-state index contributed by atoms with van der Waals surface area (Å²) in [6.45, 7) is 4.27. The van der Waals surface area contributed by atoms with Crippen LogP contribution in [0.2, 0.25) is 0 Å². The maximum absolute atomic E-state index is 12.6. The van der Waals surface area contributed by atoms with E-state index in [-0.39, 0.29) is 12.1 Å². The van der Waals surface area contributed by atoms with E-state index >= 15 is 0 Å². The Morgan fingerprint density at radius 3 is 3.04 bits per heavy atom. The number of nitriles is 1. The monoisotopic (exact) mass is 364 g/mol. The second kappa shape index (κ2) is 7.03. The predicted octanol–water partition coefficient (Wildman–Crippen LogP) is 2.60. The fourth-order valence-corrected chi connectivity index (χ4v) is 3.48. The fourth-order valence-electron chi connectivity index (χ4n) is 3.48. The molecule has 8 nitrogen and oxygen atoms in total. The summed E-state index contributed by atoms with van der Waals surface area (Å²) in [4.78, 5) is 14.4. The lowest BCUT2D eigenvalue weighted by molar-refractivity contribution is 0.161. The van der Waals surface area contributed by atoms with Gasteiger partial charge in [0.05, 0.1) is 31.3 Å². The molecule has 2 amide bonds. The maximum Gasteiger partial charge on any atom is 0.318 e. The molecule has 0 spiro atoms. The molecule has 3 aromatic heterocycles. The molecule has 8 heteroatoms. The van der Waals surface area contributed by atoms with Crippen LogP contribution in [0, 0.1) is 11.3 Å². The second-order valence-electron chi connectivity index (χ2n) is 6.51. The van der Waals surface area contributed by atoms with Crippen molar-refractivity contribution in [3.63, 3.8) is 0 Å². The van der Waals surface area contributed by atoms with Gasteiger partial charge in [0, 0.05) is 42.7 Å². The molecule has 138 valence electrons. The van der Waals surface area contributed by atoms with Crippen LogP contribution in [-0.2, 0) is 13.1 Å². The molecule has 0 saturated carbocycles. The molecule has 27 heavy (non-hydrogen) atoms. The number of fused-ring (bicyclic) bond motifs is 1. The van der Waals surface area contributed by atoms with Crippen molar-refractivity contribution in [3.8, 4) is 17.2 Å². The summed E-state index contributed by atoms with van der Waals surface area (Å²) in [6, 6.07) is 7.63. The lowest BCUT2D eigenvalue weighted by atomic mass is 10.1. The van der Waals surface area contributed by atoms with Gasteiger partial charge in [-0.15, -0.1) is 0 Å². The third-order valence-electron chi connectivity index (χ3n) is 4.95. The van der Waals surface area contributed by atoms with Gasteiger partial charge in [-0.25, -0.2) is 4.79 Å². The van der Waals surface area contributed by atoms with E-state index in [1.807, 2.05) is 35.9 Å². The number of nitrogens with zero attached hydrogens (tertiary/aromatic N) is 5. The first-order valence-corrected chi connectivity index (χ1v) is 8.86. The Morgan fingerprint density at radius 2 is 2.26 bits per heavy atom. The van der Waals surface area contributed by atoms with Gasteiger partial charge in [0.25, 0.3) is 0 Å². The number of nitrogens with one attached hydrogen (secondary N) is 1. The summed E-state index contributed by atoms with van der Waals surface area (Å²) in [7, 11) is 0. The van der Waals surface area contributed by atoms with Gasteiger partial charge >= 0.3 is 6.03 Å². The number of urea groups is 1. The Hall–Kier alpha value is -3.47. The minimum Gasteiger partial charge on any atom is -0.472 e. The number of aromatic nitrogens is 3. The highest BCUT2D eigenvalue weighted by Gasteiger charge is 2.28. The smallest absolute Gasteiger partial charge is 0.318 e. The van der Waals surface area contributed by atoms with Crippen molar-refractivity contribution < 1.29 is 9.21 Å². The number of furan rings is 1. The fraction of sp³-hybridized carbons (Fsp3) is 0.316. The SMILES string of the molecule is CC1c2ccc(C#N)n2CCN1C(=O)NCCn1cc(-c2ccoc2)cn1. The summed E-state index contributed by atoms with van der Waals surface area (Å²) < 4.78 is 8.86. The van der Waals surface area contributed by atoms with Gasteiger partial charge < -0.3 is 19.2 Å². The highest BCUT2D eigenvalue weighted by Crippen LogP contribution is 2.27. The summed E-state index contributed by atoms with van der Waals surface area (Å²) in [5, 5.41) is 16.4. The molecular weight excluding hydrogens is 344 g/mol. The van der Waals surface area contributed by atoms with Crippen LogP contribution < -0.4 is 5.32 Å². The number of amides is 2. The van der Waals surface area contributed by atoms with Crippen molar-refractivity contribution in [3.05, 3.63) is 54.5 Å². The third-order valence-corrected chi connectivity index (χ3v) is 4.95. The number of hydrogen-bond donors (Lipinski definition) is 1. The van der Waals surface area contributed by atoms with E-state index in [4.69, 9.17) is 9.68 Å². The van der Waals surface area contributed by atoms with Gasteiger partial charge in [0.15, 0.2) is 0 Å².